The second kappa shape index (κ2) is 8.99. The number of anilines is 1. The summed E-state index contributed by atoms with van der Waals surface area (Å²) in [6.07, 6.45) is 0.868. The minimum Gasteiger partial charge on any atom is -0.477 e. The number of nitrogens with one attached hydrogen (secondary N) is 2. The van der Waals surface area contributed by atoms with Gasteiger partial charge in [0.25, 0.3) is 11.8 Å². The van der Waals surface area contributed by atoms with Crippen molar-refractivity contribution in [2.24, 2.45) is 0 Å². The van der Waals surface area contributed by atoms with Gasteiger partial charge in [-0.3, -0.25) is 9.59 Å². The SMILES string of the molecule is CCOc1nc(C)ccc1C(=O)Nc1ccc(C(=O)NC(C)CC)cc1. The van der Waals surface area contributed by atoms with Gasteiger partial charge >= 0.3 is 0 Å². The van der Waals surface area contributed by atoms with Gasteiger partial charge in [-0.2, -0.15) is 0 Å². The molecule has 1 unspecified atom stereocenters. The maximum absolute atomic E-state index is 12.5. The third kappa shape index (κ3) is 5.05. The van der Waals surface area contributed by atoms with E-state index in [0.29, 0.717) is 29.3 Å². The van der Waals surface area contributed by atoms with E-state index >= 15 is 0 Å². The van der Waals surface area contributed by atoms with Crippen LogP contribution in [-0.2, 0) is 0 Å². The summed E-state index contributed by atoms with van der Waals surface area (Å²) in [7, 11) is 0. The zero-order valence-electron chi connectivity index (χ0n) is 15.6. The number of benzene rings is 1. The monoisotopic (exact) mass is 355 g/mol. The van der Waals surface area contributed by atoms with Gasteiger partial charge in [0.2, 0.25) is 5.88 Å². The number of rotatable bonds is 7. The molecule has 26 heavy (non-hydrogen) atoms. The molecule has 1 atom stereocenters. The van der Waals surface area contributed by atoms with Gasteiger partial charge < -0.3 is 15.4 Å². The topological polar surface area (TPSA) is 80.3 Å². The lowest BCUT2D eigenvalue weighted by Gasteiger charge is -2.12. The molecule has 0 aliphatic heterocycles. The van der Waals surface area contributed by atoms with E-state index in [0.717, 1.165) is 12.1 Å². The fourth-order valence-corrected chi connectivity index (χ4v) is 2.26. The van der Waals surface area contributed by atoms with Crippen molar-refractivity contribution in [1.82, 2.24) is 10.3 Å². The lowest BCUT2D eigenvalue weighted by atomic mass is 10.1. The molecule has 0 fully saturated rings. The van der Waals surface area contributed by atoms with Crippen molar-refractivity contribution in [3.05, 3.63) is 53.2 Å². The van der Waals surface area contributed by atoms with Crippen molar-refractivity contribution >= 4 is 17.5 Å². The molecule has 1 heterocycles. The predicted octanol–water partition coefficient (Wildman–Crippen LogP) is 3.57. The zero-order chi connectivity index (χ0) is 19.1. The highest BCUT2D eigenvalue weighted by Gasteiger charge is 2.15. The standard InChI is InChI=1S/C20H25N3O3/c1-5-13(3)21-18(24)15-8-10-16(11-9-15)23-19(25)17-12-7-14(4)22-20(17)26-6-2/h7-13H,5-6H2,1-4H3,(H,21,24)(H,23,25). The number of aromatic nitrogens is 1. The summed E-state index contributed by atoms with van der Waals surface area (Å²) in [5.74, 6) is -0.120. The zero-order valence-corrected chi connectivity index (χ0v) is 15.6. The molecule has 1 aromatic heterocycles. The quantitative estimate of drug-likeness (QED) is 0.796. The average Bonchev–Trinajstić information content (AvgIpc) is 2.62. The summed E-state index contributed by atoms with van der Waals surface area (Å²) in [6.45, 7) is 8.08. The molecule has 6 nitrogen and oxygen atoms in total. The largest absolute Gasteiger partial charge is 0.477 e. The van der Waals surface area contributed by atoms with Crippen molar-refractivity contribution in [1.29, 1.82) is 0 Å². The van der Waals surface area contributed by atoms with Gasteiger partial charge in [-0.15, -0.1) is 0 Å². The third-order valence-corrected chi connectivity index (χ3v) is 3.92. The minimum atomic E-state index is -0.308. The fraction of sp³-hybridized carbons (Fsp3) is 0.350. The van der Waals surface area contributed by atoms with Gasteiger partial charge in [-0.1, -0.05) is 6.92 Å². The van der Waals surface area contributed by atoms with Crippen molar-refractivity contribution in [3.8, 4) is 5.88 Å². The van der Waals surface area contributed by atoms with Crippen molar-refractivity contribution < 1.29 is 14.3 Å². The van der Waals surface area contributed by atoms with Crippen LogP contribution in [0.3, 0.4) is 0 Å². The van der Waals surface area contributed by atoms with Gasteiger partial charge in [0, 0.05) is 23.0 Å². The molecule has 0 spiro atoms. The number of hydrogen-bond acceptors (Lipinski definition) is 4. The van der Waals surface area contributed by atoms with Crippen LogP contribution in [0, 0.1) is 6.92 Å². The van der Waals surface area contributed by atoms with Crippen LogP contribution in [0.4, 0.5) is 5.69 Å². The number of carbonyl (C=O) groups is 2. The van der Waals surface area contributed by atoms with Crippen LogP contribution >= 0.6 is 0 Å². The molecule has 0 aliphatic carbocycles. The van der Waals surface area contributed by atoms with Crippen LogP contribution in [0.25, 0.3) is 0 Å². The van der Waals surface area contributed by atoms with Crippen molar-refractivity contribution in [2.45, 2.75) is 40.2 Å². The summed E-state index contributed by atoms with van der Waals surface area (Å²) < 4.78 is 5.45. The first-order valence-electron chi connectivity index (χ1n) is 8.77. The maximum Gasteiger partial charge on any atom is 0.261 e. The smallest absolute Gasteiger partial charge is 0.261 e. The van der Waals surface area contributed by atoms with E-state index in [4.69, 9.17) is 4.74 Å². The van der Waals surface area contributed by atoms with Crippen LogP contribution in [-0.4, -0.2) is 29.4 Å². The highest BCUT2D eigenvalue weighted by Crippen LogP contribution is 2.19. The minimum absolute atomic E-state index is 0.118. The molecule has 0 radical (unpaired) electrons. The summed E-state index contributed by atoms with van der Waals surface area (Å²) in [5, 5.41) is 5.71. The maximum atomic E-state index is 12.5. The summed E-state index contributed by atoms with van der Waals surface area (Å²) in [4.78, 5) is 28.9. The van der Waals surface area contributed by atoms with E-state index < -0.39 is 0 Å². The van der Waals surface area contributed by atoms with Gasteiger partial charge in [0.1, 0.15) is 5.56 Å². The van der Waals surface area contributed by atoms with Crippen LogP contribution in [0.15, 0.2) is 36.4 Å². The van der Waals surface area contributed by atoms with E-state index in [2.05, 4.69) is 15.6 Å². The first kappa shape index (κ1) is 19.4. The summed E-state index contributed by atoms with van der Waals surface area (Å²) >= 11 is 0. The molecule has 6 heteroatoms. The molecule has 1 aromatic carbocycles. The van der Waals surface area contributed by atoms with E-state index in [1.165, 1.54) is 0 Å². The van der Waals surface area contributed by atoms with Crippen LogP contribution in [0.1, 0.15) is 53.6 Å². The van der Waals surface area contributed by atoms with Gasteiger partial charge in [0.05, 0.1) is 6.61 Å². The molecular formula is C20H25N3O3. The number of pyridine rings is 1. The Morgan fingerprint density at radius 1 is 1.08 bits per heavy atom. The Bertz CT molecular complexity index is 772. The Labute approximate surface area is 154 Å². The second-order valence-electron chi connectivity index (χ2n) is 6.05. The second-order valence-corrected chi connectivity index (χ2v) is 6.05. The molecule has 0 saturated carbocycles. The fourth-order valence-electron chi connectivity index (χ4n) is 2.26. The molecule has 2 rings (SSSR count). The van der Waals surface area contributed by atoms with Crippen molar-refractivity contribution in [3.63, 3.8) is 0 Å². The van der Waals surface area contributed by atoms with E-state index in [9.17, 15) is 9.59 Å². The first-order valence-corrected chi connectivity index (χ1v) is 8.77. The molecule has 2 aromatic rings. The Balaban J connectivity index is 2.09. The van der Waals surface area contributed by atoms with E-state index in [1.807, 2.05) is 27.7 Å². The van der Waals surface area contributed by atoms with Gasteiger partial charge in [0.15, 0.2) is 0 Å². The number of hydrogen-bond donors (Lipinski definition) is 2. The van der Waals surface area contributed by atoms with Gasteiger partial charge in [-0.05, 0) is 63.6 Å². The highest BCUT2D eigenvalue weighted by molar-refractivity contribution is 6.06. The lowest BCUT2D eigenvalue weighted by molar-refractivity contribution is 0.0938. The predicted molar refractivity (Wildman–Crippen MR) is 102 cm³/mol. The van der Waals surface area contributed by atoms with Crippen LogP contribution in [0.2, 0.25) is 0 Å². The summed E-state index contributed by atoms with van der Waals surface area (Å²) in [6, 6.07) is 10.3. The van der Waals surface area contributed by atoms with Crippen LogP contribution in [0.5, 0.6) is 5.88 Å². The Hall–Kier alpha value is -2.89. The lowest BCUT2D eigenvalue weighted by Crippen LogP contribution is -2.31. The molecule has 2 N–H and O–H groups in total. The highest BCUT2D eigenvalue weighted by atomic mass is 16.5. The number of ether oxygens (including phenoxy) is 1. The molecule has 2 amide bonds. The molecule has 0 bridgehead atoms. The first-order chi connectivity index (χ1) is 12.4. The Morgan fingerprint density at radius 2 is 1.77 bits per heavy atom. The van der Waals surface area contributed by atoms with E-state index in [1.54, 1.807) is 36.4 Å². The average molecular weight is 355 g/mol. The third-order valence-electron chi connectivity index (χ3n) is 3.92. The number of aryl methyl sites for hydroxylation is 1. The van der Waals surface area contributed by atoms with Gasteiger partial charge in [-0.25, -0.2) is 4.98 Å². The summed E-state index contributed by atoms with van der Waals surface area (Å²) in [5.41, 5.74) is 2.30. The Kier molecular flexibility index (Phi) is 6.72. The van der Waals surface area contributed by atoms with E-state index in [-0.39, 0.29) is 17.9 Å². The molecular weight excluding hydrogens is 330 g/mol. The Morgan fingerprint density at radius 3 is 2.38 bits per heavy atom. The normalized spacial score (nSPS) is 11.5. The molecule has 0 saturated heterocycles. The van der Waals surface area contributed by atoms with Crippen molar-refractivity contribution in [2.75, 3.05) is 11.9 Å². The van der Waals surface area contributed by atoms with Crippen LogP contribution < -0.4 is 15.4 Å². The molecule has 138 valence electrons. The number of carbonyl (C=O) groups excluding carboxylic acids is 2. The number of amides is 2. The molecule has 0 aliphatic rings. The number of nitrogens with zero attached hydrogens (tertiary/aromatic N) is 1.